The van der Waals surface area contributed by atoms with Crippen molar-refractivity contribution in [1.29, 1.82) is 0 Å². The maximum Gasteiger partial charge on any atom is 0.323 e. The first kappa shape index (κ1) is 19.4. The number of fused-ring (bicyclic) bond motifs is 1. The molecule has 9 heteroatoms. The Morgan fingerprint density at radius 3 is 2.64 bits per heavy atom. The molecule has 0 aliphatic rings. The normalized spacial score (nSPS) is 10.7. The van der Waals surface area contributed by atoms with E-state index in [9.17, 15) is 14.7 Å². The van der Waals surface area contributed by atoms with Crippen molar-refractivity contribution in [3.63, 3.8) is 0 Å². The van der Waals surface area contributed by atoms with Gasteiger partial charge in [0.25, 0.3) is 4.84 Å². The number of aromatic amines is 1. The number of amides is 1. The van der Waals surface area contributed by atoms with Crippen molar-refractivity contribution in [3.05, 3.63) is 52.9 Å². The fourth-order valence-electron chi connectivity index (χ4n) is 2.86. The number of primary amides is 1. The Hall–Kier alpha value is -3.33. The Labute approximate surface area is 165 Å². The highest BCUT2D eigenvalue weighted by Crippen LogP contribution is 2.19. The van der Waals surface area contributed by atoms with Gasteiger partial charge in [0.2, 0.25) is 5.91 Å². The van der Waals surface area contributed by atoms with E-state index in [0.29, 0.717) is 35.5 Å². The molecule has 0 spiro atoms. The van der Waals surface area contributed by atoms with Gasteiger partial charge < -0.3 is 30.5 Å². The van der Waals surface area contributed by atoms with E-state index in [1.807, 2.05) is 18.2 Å². The Bertz CT molecular complexity index is 1040. The molecule has 1 heterocycles. The van der Waals surface area contributed by atoms with Gasteiger partial charge in [0.15, 0.2) is 5.58 Å². The van der Waals surface area contributed by atoms with Crippen molar-refractivity contribution < 1.29 is 19.1 Å². The Kier molecular flexibility index (Phi) is 5.95. The summed E-state index contributed by atoms with van der Waals surface area (Å²) in [7, 11) is 0. The van der Waals surface area contributed by atoms with Crippen molar-refractivity contribution in [2.75, 3.05) is 29.9 Å². The molecule has 28 heavy (non-hydrogen) atoms. The molecule has 0 saturated heterocycles. The van der Waals surface area contributed by atoms with E-state index in [0.717, 1.165) is 16.9 Å². The van der Waals surface area contributed by atoms with E-state index in [2.05, 4.69) is 10.3 Å². The van der Waals surface area contributed by atoms with E-state index >= 15 is 0 Å². The van der Waals surface area contributed by atoms with Gasteiger partial charge in [-0.25, -0.2) is 0 Å². The van der Waals surface area contributed by atoms with Crippen LogP contribution in [0.5, 0.6) is 0 Å². The van der Waals surface area contributed by atoms with Gasteiger partial charge in [-0.15, -0.1) is 0 Å². The lowest BCUT2D eigenvalue weighted by atomic mass is 10.2. The number of rotatable bonds is 9. The van der Waals surface area contributed by atoms with Crippen molar-refractivity contribution >= 4 is 46.6 Å². The molecule has 0 unspecified atom stereocenters. The number of hydrogen-bond acceptors (Lipinski definition) is 6. The number of carbonyl (C=O) groups excluding carboxylic acids is 1. The first-order chi connectivity index (χ1) is 13.4. The van der Waals surface area contributed by atoms with Crippen LogP contribution in [-0.4, -0.2) is 41.6 Å². The zero-order valence-electron chi connectivity index (χ0n) is 15.0. The molecule has 0 aliphatic carbocycles. The van der Waals surface area contributed by atoms with Crippen molar-refractivity contribution in [2.24, 2.45) is 5.73 Å². The highest BCUT2D eigenvalue weighted by molar-refractivity contribution is 7.71. The van der Waals surface area contributed by atoms with Crippen LogP contribution in [0.4, 0.5) is 11.4 Å². The number of nitrogens with zero attached hydrogens (tertiary/aromatic N) is 1. The topological polar surface area (TPSA) is 125 Å². The zero-order chi connectivity index (χ0) is 20.1. The number of carboxylic acid groups (broad SMARTS) is 1. The number of nitrogens with one attached hydrogen (secondary N) is 2. The number of oxazole rings is 1. The number of carbonyl (C=O) groups is 2. The standard InChI is InChI=1S/C19H20N4O4S/c20-18(26)12-2-5-14(6-3-12)23(11-17(24)25)9-1-8-21-13-4-7-15-16(10-13)27-19(28)22-15/h2-7,10,21H,1,8-9,11H2,(H2,20,26)(H,22,28)(H,24,25). The summed E-state index contributed by atoms with van der Waals surface area (Å²) >= 11 is 4.97. The second kappa shape index (κ2) is 8.57. The smallest absolute Gasteiger partial charge is 0.323 e. The first-order valence-corrected chi connectivity index (χ1v) is 9.06. The molecule has 3 rings (SSSR count). The van der Waals surface area contributed by atoms with Gasteiger partial charge in [0, 0.05) is 36.1 Å². The summed E-state index contributed by atoms with van der Waals surface area (Å²) in [5.74, 6) is -1.44. The highest BCUT2D eigenvalue weighted by atomic mass is 32.1. The third-order valence-electron chi connectivity index (χ3n) is 4.20. The summed E-state index contributed by atoms with van der Waals surface area (Å²) in [6, 6.07) is 12.2. The molecule has 1 aromatic heterocycles. The Morgan fingerprint density at radius 1 is 1.21 bits per heavy atom. The van der Waals surface area contributed by atoms with Crippen molar-refractivity contribution in [3.8, 4) is 0 Å². The summed E-state index contributed by atoms with van der Waals surface area (Å²) in [5.41, 5.74) is 8.75. The van der Waals surface area contributed by atoms with Crippen LogP contribution < -0.4 is 16.0 Å². The molecule has 146 valence electrons. The summed E-state index contributed by atoms with van der Waals surface area (Å²) in [6.45, 7) is 1.04. The minimum absolute atomic E-state index is 0.133. The summed E-state index contributed by atoms with van der Waals surface area (Å²) < 4.78 is 5.39. The molecule has 0 aliphatic heterocycles. The largest absolute Gasteiger partial charge is 0.480 e. The number of carboxylic acids is 1. The van der Waals surface area contributed by atoms with Gasteiger partial charge in [-0.2, -0.15) is 0 Å². The molecular formula is C19H20N4O4S. The van der Waals surface area contributed by atoms with Gasteiger partial charge in [0.1, 0.15) is 6.54 Å². The lowest BCUT2D eigenvalue weighted by molar-refractivity contribution is -0.135. The van der Waals surface area contributed by atoms with Crippen molar-refractivity contribution in [2.45, 2.75) is 6.42 Å². The number of benzene rings is 2. The number of H-pyrrole nitrogens is 1. The molecule has 2 aromatic carbocycles. The fourth-order valence-corrected chi connectivity index (χ4v) is 3.06. The predicted molar refractivity (Wildman–Crippen MR) is 109 cm³/mol. The van der Waals surface area contributed by atoms with Crippen LogP contribution in [0.15, 0.2) is 46.9 Å². The quantitative estimate of drug-likeness (QED) is 0.321. The lowest BCUT2D eigenvalue weighted by Gasteiger charge is -2.23. The van der Waals surface area contributed by atoms with E-state index in [1.165, 1.54) is 0 Å². The number of aromatic nitrogens is 1. The average molecular weight is 400 g/mol. The molecule has 0 radical (unpaired) electrons. The summed E-state index contributed by atoms with van der Waals surface area (Å²) in [4.78, 5) is 27.4. The van der Waals surface area contributed by atoms with E-state index in [4.69, 9.17) is 22.4 Å². The molecule has 3 aromatic rings. The van der Waals surface area contributed by atoms with Gasteiger partial charge in [-0.1, -0.05) is 0 Å². The van der Waals surface area contributed by atoms with E-state index in [1.54, 1.807) is 29.2 Å². The van der Waals surface area contributed by atoms with Crippen LogP contribution in [0, 0.1) is 4.84 Å². The molecule has 0 fully saturated rings. The second-order valence-electron chi connectivity index (χ2n) is 6.23. The minimum Gasteiger partial charge on any atom is -0.480 e. The lowest BCUT2D eigenvalue weighted by Crippen LogP contribution is -2.31. The number of hydrogen-bond donors (Lipinski definition) is 4. The van der Waals surface area contributed by atoms with Gasteiger partial charge >= 0.3 is 5.97 Å². The number of aliphatic carboxylic acids is 1. The van der Waals surface area contributed by atoms with Gasteiger partial charge in [-0.3, -0.25) is 9.59 Å². The fraction of sp³-hybridized carbons (Fsp3) is 0.211. The summed E-state index contributed by atoms with van der Waals surface area (Å²) in [5, 5.41) is 12.5. The van der Waals surface area contributed by atoms with Crippen molar-refractivity contribution in [1.82, 2.24) is 4.98 Å². The molecule has 0 saturated carbocycles. The maximum atomic E-state index is 11.2. The average Bonchev–Trinajstić information content (AvgIpc) is 3.03. The predicted octanol–water partition coefficient (Wildman–Crippen LogP) is 2.98. The third-order valence-corrected chi connectivity index (χ3v) is 4.38. The minimum atomic E-state index is -0.925. The molecule has 1 amide bonds. The number of nitrogens with two attached hydrogens (primary N) is 1. The molecule has 0 atom stereocenters. The molecule has 8 nitrogen and oxygen atoms in total. The molecular weight excluding hydrogens is 380 g/mol. The van der Waals surface area contributed by atoms with E-state index < -0.39 is 11.9 Å². The van der Waals surface area contributed by atoms with Crippen LogP contribution in [0.3, 0.4) is 0 Å². The maximum absolute atomic E-state index is 11.2. The van der Waals surface area contributed by atoms with Crippen LogP contribution in [0.2, 0.25) is 0 Å². The van der Waals surface area contributed by atoms with Crippen LogP contribution in [0.25, 0.3) is 11.1 Å². The zero-order valence-corrected chi connectivity index (χ0v) is 15.8. The summed E-state index contributed by atoms with van der Waals surface area (Å²) in [6.07, 6.45) is 0.708. The molecule has 0 bridgehead atoms. The van der Waals surface area contributed by atoms with Gasteiger partial charge in [0.05, 0.1) is 5.52 Å². The first-order valence-electron chi connectivity index (χ1n) is 8.66. The third kappa shape index (κ3) is 4.89. The van der Waals surface area contributed by atoms with E-state index in [-0.39, 0.29) is 6.54 Å². The highest BCUT2D eigenvalue weighted by Gasteiger charge is 2.11. The second-order valence-corrected chi connectivity index (χ2v) is 6.60. The molecule has 5 N–H and O–H groups in total. The van der Waals surface area contributed by atoms with Crippen LogP contribution in [-0.2, 0) is 4.79 Å². The monoisotopic (exact) mass is 400 g/mol. The SMILES string of the molecule is NC(=O)c1ccc(N(CCCNc2ccc3[nH]c(=S)oc3c2)CC(=O)O)cc1. The van der Waals surface area contributed by atoms with Crippen LogP contribution in [0.1, 0.15) is 16.8 Å². The Balaban J connectivity index is 1.59. The van der Waals surface area contributed by atoms with Crippen LogP contribution >= 0.6 is 12.2 Å². The number of anilines is 2. The Morgan fingerprint density at radius 2 is 1.96 bits per heavy atom. The van der Waals surface area contributed by atoms with Gasteiger partial charge in [-0.05, 0) is 55.0 Å².